The molecule has 0 radical (unpaired) electrons. The van der Waals surface area contributed by atoms with Gasteiger partial charge in [-0.3, -0.25) is 14.2 Å². The molecule has 0 aromatic carbocycles. The van der Waals surface area contributed by atoms with Gasteiger partial charge in [-0.25, -0.2) is 0 Å². The van der Waals surface area contributed by atoms with Crippen molar-refractivity contribution in [1.29, 1.82) is 0 Å². The van der Waals surface area contributed by atoms with Crippen LogP contribution in [0.3, 0.4) is 0 Å². The van der Waals surface area contributed by atoms with Crippen LogP contribution in [0, 0.1) is 0 Å². The molecule has 0 aliphatic rings. The molecule has 0 saturated heterocycles. The van der Waals surface area contributed by atoms with Gasteiger partial charge in [0.05, 0.1) is 27.7 Å². The summed E-state index contributed by atoms with van der Waals surface area (Å²) in [6.07, 6.45) is 109. The van der Waals surface area contributed by atoms with Gasteiger partial charge in [0.25, 0.3) is 7.82 Å². The summed E-state index contributed by atoms with van der Waals surface area (Å²) in [7, 11) is 1.18. The van der Waals surface area contributed by atoms with Gasteiger partial charge in [0.2, 0.25) is 0 Å². The van der Waals surface area contributed by atoms with E-state index >= 15 is 0 Å². The number of rotatable bonds is 74. The molecule has 10 heteroatoms. The Morgan fingerprint density at radius 2 is 0.562 bits per heavy atom. The van der Waals surface area contributed by atoms with E-state index in [0.29, 0.717) is 17.4 Å². The Labute approximate surface area is 594 Å². The van der Waals surface area contributed by atoms with Gasteiger partial charge in [0.1, 0.15) is 19.8 Å². The molecule has 0 saturated carbocycles. The van der Waals surface area contributed by atoms with Crippen LogP contribution in [0.1, 0.15) is 361 Å². The largest absolute Gasteiger partial charge is 0.756 e. The number of phosphoric acid groups is 1. The molecule has 554 valence electrons. The summed E-state index contributed by atoms with van der Waals surface area (Å²) < 4.78 is 34.4. The van der Waals surface area contributed by atoms with Crippen molar-refractivity contribution >= 4 is 19.8 Å². The third kappa shape index (κ3) is 79.4. The van der Waals surface area contributed by atoms with Gasteiger partial charge in [0, 0.05) is 12.8 Å². The number of nitrogens with zero attached hydrogens (tertiary/aromatic N) is 1. The van der Waals surface area contributed by atoms with Crippen LogP contribution in [0.4, 0.5) is 0 Å². The van der Waals surface area contributed by atoms with Crippen LogP contribution in [0.15, 0.2) is 122 Å². The summed E-state index contributed by atoms with van der Waals surface area (Å²) in [6, 6.07) is 0. The molecule has 0 amide bonds. The number of allylic oxidation sites excluding steroid dienone is 20. The smallest absolute Gasteiger partial charge is 0.306 e. The van der Waals surface area contributed by atoms with Crippen molar-refractivity contribution in [2.45, 2.75) is 367 Å². The molecule has 0 aliphatic heterocycles. The summed E-state index contributed by atoms with van der Waals surface area (Å²) in [4.78, 5) is 38.2. The molecule has 0 fully saturated rings. The van der Waals surface area contributed by atoms with E-state index in [-0.39, 0.29) is 32.0 Å². The van der Waals surface area contributed by atoms with Gasteiger partial charge < -0.3 is 27.9 Å². The second-order valence-electron chi connectivity index (χ2n) is 28.0. The first-order valence-electron chi connectivity index (χ1n) is 40.2. The number of carbonyl (C=O) groups is 2. The molecule has 2 atom stereocenters. The number of ether oxygens (including phenoxy) is 2. The lowest BCUT2D eigenvalue weighted by Crippen LogP contribution is -2.37. The van der Waals surface area contributed by atoms with Gasteiger partial charge >= 0.3 is 11.9 Å². The van der Waals surface area contributed by atoms with E-state index < -0.39 is 26.5 Å². The maximum atomic E-state index is 12.9. The lowest BCUT2D eigenvalue weighted by molar-refractivity contribution is -0.870. The van der Waals surface area contributed by atoms with Crippen LogP contribution in [0.5, 0.6) is 0 Å². The molecular weight excluding hydrogens is 1210 g/mol. The molecule has 0 aromatic rings. The second-order valence-corrected chi connectivity index (χ2v) is 29.4. The highest BCUT2D eigenvalue weighted by Gasteiger charge is 2.22. The van der Waals surface area contributed by atoms with Gasteiger partial charge in [0.15, 0.2) is 6.10 Å². The second kappa shape index (κ2) is 75.6. The Hall–Kier alpha value is -3.59. The Balaban J connectivity index is 3.94. The van der Waals surface area contributed by atoms with Crippen molar-refractivity contribution < 1.29 is 42.1 Å². The summed E-state index contributed by atoms with van der Waals surface area (Å²) in [5.74, 6) is -0.818. The molecular formula is C86H152NO8P. The minimum Gasteiger partial charge on any atom is -0.756 e. The molecule has 9 nitrogen and oxygen atoms in total. The number of hydrogen-bond donors (Lipinski definition) is 0. The minimum absolute atomic E-state index is 0.0318. The Morgan fingerprint density at radius 3 is 0.833 bits per heavy atom. The number of carbonyl (C=O) groups excluding carboxylic acids is 2. The van der Waals surface area contributed by atoms with Gasteiger partial charge in [-0.15, -0.1) is 0 Å². The maximum absolute atomic E-state index is 12.9. The number of phosphoric ester groups is 1. The topological polar surface area (TPSA) is 111 Å². The Morgan fingerprint density at radius 1 is 0.323 bits per heavy atom. The molecule has 0 spiro atoms. The van der Waals surface area contributed by atoms with Crippen LogP contribution in [0.25, 0.3) is 0 Å². The lowest BCUT2D eigenvalue weighted by Gasteiger charge is -2.28. The number of quaternary nitrogens is 1. The van der Waals surface area contributed by atoms with E-state index in [2.05, 4.69) is 135 Å². The highest BCUT2D eigenvalue weighted by molar-refractivity contribution is 7.45. The van der Waals surface area contributed by atoms with Crippen LogP contribution < -0.4 is 4.89 Å². The van der Waals surface area contributed by atoms with Gasteiger partial charge in [-0.1, -0.05) is 367 Å². The number of unbranched alkanes of at least 4 members (excludes halogenated alkanes) is 40. The first-order chi connectivity index (χ1) is 47.0. The fraction of sp³-hybridized carbons (Fsp3) is 0.744. The quantitative estimate of drug-likeness (QED) is 0.0195. The fourth-order valence-electron chi connectivity index (χ4n) is 11.4. The normalized spacial score (nSPS) is 13.7. The lowest BCUT2D eigenvalue weighted by atomic mass is 10.0. The van der Waals surface area contributed by atoms with Crippen molar-refractivity contribution in [3.8, 4) is 0 Å². The molecule has 0 aromatic heterocycles. The molecule has 0 bridgehead atoms. The Kier molecular flexibility index (Phi) is 72.8. The molecule has 0 aliphatic carbocycles. The van der Waals surface area contributed by atoms with Crippen molar-refractivity contribution in [1.82, 2.24) is 0 Å². The highest BCUT2D eigenvalue weighted by atomic mass is 31.2. The van der Waals surface area contributed by atoms with E-state index in [9.17, 15) is 19.0 Å². The van der Waals surface area contributed by atoms with Crippen LogP contribution in [-0.4, -0.2) is 70.0 Å². The first-order valence-corrected chi connectivity index (χ1v) is 41.7. The van der Waals surface area contributed by atoms with E-state index in [0.717, 1.165) is 103 Å². The van der Waals surface area contributed by atoms with E-state index in [1.54, 1.807) is 0 Å². The monoisotopic (exact) mass is 1360 g/mol. The zero-order valence-electron chi connectivity index (χ0n) is 63.3. The summed E-state index contributed by atoms with van der Waals surface area (Å²) in [6.45, 7) is 4.06. The average molecular weight is 1360 g/mol. The SMILES string of the molecule is CC/C=C\C/C=C\C/C=C\C/C=C\C/C=C\CCCCCCCCCCCCCCCCCCCCCCCC(=O)OC(COC(=O)CCCCCCCCCCCCCCCCCCCCC/C=C\C/C=C\C/C=C\C/C=C\C/C=C\CC)COP(=O)([O-])OCC[N+](C)(C)C. The highest BCUT2D eigenvalue weighted by Crippen LogP contribution is 2.38. The number of likely N-dealkylation sites (N-methyl/N-ethyl adjacent to an activating group) is 1. The summed E-state index contributed by atoms with van der Waals surface area (Å²) >= 11 is 0. The summed E-state index contributed by atoms with van der Waals surface area (Å²) in [5.41, 5.74) is 0. The predicted octanol–water partition coefficient (Wildman–Crippen LogP) is 26.3. The van der Waals surface area contributed by atoms with Crippen LogP contribution in [-0.2, 0) is 32.7 Å². The van der Waals surface area contributed by atoms with Crippen LogP contribution >= 0.6 is 7.82 Å². The van der Waals surface area contributed by atoms with E-state index in [4.69, 9.17) is 18.5 Å². The first kappa shape index (κ1) is 92.4. The molecule has 0 rings (SSSR count). The van der Waals surface area contributed by atoms with Gasteiger partial charge in [-0.05, 0) is 103 Å². The van der Waals surface area contributed by atoms with Crippen molar-refractivity contribution in [3.63, 3.8) is 0 Å². The summed E-state index contributed by atoms with van der Waals surface area (Å²) in [5, 5.41) is 0. The zero-order chi connectivity index (χ0) is 69.7. The van der Waals surface area contributed by atoms with E-state index in [1.807, 2.05) is 21.1 Å². The zero-order valence-corrected chi connectivity index (χ0v) is 64.2. The molecule has 96 heavy (non-hydrogen) atoms. The third-order valence-electron chi connectivity index (χ3n) is 17.5. The van der Waals surface area contributed by atoms with Gasteiger partial charge in [-0.2, -0.15) is 0 Å². The predicted molar refractivity (Wildman–Crippen MR) is 415 cm³/mol. The maximum Gasteiger partial charge on any atom is 0.306 e. The molecule has 0 heterocycles. The standard InChI is InChI=1S/C86H152NO8P/c1-6-8-10-12-14-16-18-20-22-24-26-28-30-32-34-36-38-40-42-43-45-47-49-51-53-55-57-59-61-63-65-67-69-71-73-75-77-79-86(89)95-84(83-94-96(90,91)93-81-80-87(3,4)5)82-92-85(88)78-76-74-72-70-68-66-64-62-60-58-56-54-52-50-48-46-44-41-39-37-35-33-31-29-27-25-23-21-19-17-15-13-11-9-7-2/h8-11,14-17,20-23,26-29,32-35,84H,6-7,12-13,18-19,24-25,30-31,36-83H2,1-5H3/b10-8-,11-9-,16-14-,17-15-,22-20-,23-21-,28-26-,29-27-,34-32-,35-33-. The molecule has 0 N–H and O–H groups in total. The fourth-order valence-corrected chi connectivity index (χ4v) is 12.2. The van der Waals surface area contributed by atoms with E-state index in [1.165, 1.54) is 225 Å². The van der Waals surface area contributed by atoms with Crippen LogP contribution in [0.2, 0.25) is 0 Å². The van der Waals surface area contributed by atoms with Crippen molar-refractivity contribution in [2.24, 2.45) is 0 Å². The Bertz CT molecular complexity index is 2040. The average Bonchev–Trinajstić information content (AvgIpc) is 2.72. The third-order valence-corrected chi connectivity index (χ3v) is 18.4. The number of esters is 2. The van der Waals surface area contributed by atoms with Crippen molar-refractivity contribution in [2.75, 3.05) is 47.5 Å². The molecule has 2 unspecified atom stereocenters. The number of hydrogen-bond acceptors (Lipinski definition) is 8. The minimum atomic E-state index is -4.65. The van der Waals surface area contributed by atoms with Crippen molar-refractivity contribution in [3.05, 3.63) is 122 Å².